The lowest BCUT2D eigenvalue weighted by atomic mass is 10.1. The Kier molecular flexibility index (Phi) is 4.56. The van der Waals surface area contributed by atoms with Crippen LogP contribution in [0.3, 0.4) is 0 Å². The van der Waals surface area contributed by atoms with Gasteiger partial charge >= 0.3 is 12.1 Å². The summed E-state index contributed by atoms with van der Waals surface area (Å²) in [6.45, 7) is -0.0702. The van der Waals surface area contributed by atoms with Gasteiger partial charge in [-0.15, -0.1) is 0 Å². The van der Waals surface area contributed by atoms with Gasteiger partial charge in [0.2, 0.25) is 5.88 Å². The number of hydrogen-bond donors (Lipinski definition) is 1. The number of rotatable bonds is 4. The van der Waals surface area contributed by atoms with Crippen molar-refractivity contribution in [2.75, 3.05) is 0 Å². The highest BCUT2D eigenvalue weighted by atomic mass is 35.5. The second-order valence-corrected chi connectivity index (χ2v) is 4.71. The Morgan fingerprint density at radius 3 is 2.64 bits per heavy atom. The smallest absolute Gasteiger partial charge is 0.417 e. The zero-order valence-electron chi connectivity index (χ0n) is 10.9. The molecule has 1 aromatic carbocycles. The van der Waals surface area contributed by atoms with Crippen LogP contribution in [0.2, 0.25) is 5.02 Å². The maximum Gasteiger partial charge on any atom is 0.417 e. The molecule has 0 aliphatic heterocycles. The molecule has 116 valence electrons. The Labute approximate surface area is 128 Å². The van der Waals surface area contributed by atoms with E-state index in [-0.39, 0.29) is 23.1 Å². The molecule has 1 N–H and O–H groups in total. The van der Waals surface area contributed by atoms with E-state index in [1.807, 2.05) is 0 Å². The summed E-state index contributed by atoms with van der Waals surface area (Å²) < 4.78 is 42.6. The number of aromatic nitrogens is 1. The lowest BCUT2D eigenvalue weighted by molar-refractivity contribution is -0.137. The Bertz CT molecular complexity index is 704. The number of carbonyl (C=O) groups is 1. The largest absolute Gasteiger partial charge is 0.478 e. The van der Waals surface area contributed by atoms with Crippen LogP contribution in [0.25, 0.3) is 0 Å². The van der Waals surface area contributed by atoms with Gasteiger partial charge < -0.3 is 9.84 Å². The van der Waals surface area contributed by atoms with Crippen molar-refractivity contribution in [3.8, 4) is 5.88 Å². The highest BCUT2D eigenvalue weighted by molar-refractivity contribution is 6.31. The summed E-state index contributed by atoms with van der Waals surface area (Å²) in [6, 6.07) is 6.67. The molecule has 0 aliphatic rings. The SMILES string of the molecule is O=C(O)c1cccc(COc2ncc(C(F)(F)F)cc2Cl)c1. The maximum absolute atomic E-state index is 12.5. The first kappa shape index (κ1) is 16.1. The zero-order chi connectivity index (χ0) is 16.3. The van der Waals surface area contributed by atoms with Crippen LogP contribution >= 0.6 is 11.6 Å². The van der Waals surface area contributed by atoms with Gasteiger partial charge in [0.25, 0.3) is 0 Å². The van der Waals surface area contributed by atoms with Crippen LogP contribution in [0.15, 0.2) is 36.5 Å². The molecule has 0 amide bonds. The first-order valence-corrected chi connectivity index (χ1v) is 6.33. The van der Waals surface area contributed by atoms with Crippen LogP contribution in [0.4, 0.5) is 13.2 Å². The molecule has 8 heteroatoms. The maximum atomic E-state index is 12.5. The van der Waals surface area contributed by atoms with Crippen LogP contribution in [-0.2, 0) is 12.8 Å². The van der Waals surface area contributed by atoms with Gasteiger partial charge in [-0.2, -0.15) is 13.2 Å². The van der Waals surface area contributed by atoms with Gasteiger partial charge in [0.15, 0.2) is 0 Å². The normalized spacial score (nSPS) is 11.3. The van der Waals surface area contributed by atoms with Crippen molar-refractivity contribution in [2.24, 2.45) is 0 Å². The summed E-state index contributed by atoms with van der Waals surface area (Å²) in [4.78, 5) is 14.4. The highest BCUT2D eigenvalue weighted by Gasteiger charge is 2.31. The van der Waals surface area contributed by atoms with Crippen LogP contribution in [0.5, 0.6) is 5.88 Å². The third-order valence-corrected chi connectivity index (χ3v) is 2.96. The number of ether oxygens (including phenoxy) is 1. The molecular weight excluding hydrogens is 323 g/mol. The first-order valence-electron chi connectivity index (χ1n) is 5.95. The van der Waals surface area contributed by atoms with Crippen molar-refractivity contribution >= 4 is 17.6 Å². The molecule has 0 bridgehead atoms. The third-order valence-electron chi connectivity index (χ3n) is 2.68. The van der Waals surface area contributed by atoms with Gasteiger partial charge in [0.1, 0.15) is 11.6 Å². The van der Waals surface area contributed by atoms with Crippen LogP contribution in [0.1, 0.15) is 21.5 Å². The molecule has 0 unspecified atom stereocenters. The topological polar surface area (TPSA) is 59.4 Å². The summed E-state index contributed by atoms with van der Waals surface area (Å²) >= 11 is 5.70. The molecule has 0 fully saturated rings. The Morgan fingerprint density at radius 1 is 1.32 bits per heavy atom. The summed E-state index contributed by atoms with van der Waals surface area (Å²) in [6.07, 6.45) is -3.92. The van der Waals surface area contributed by atoms with Gasteiger partial charge in [-0.1, -0.05) is 23.7 Å². The lowest BCUT2D eigenvalue weighted by Crippen LogP contribution is -2.07. The van der Waals surface area contributed by atoms with Crippen LogP contribution in [0, 0.1) is 0 Å². The number of hydrogen-bond acceptors (Lipinski definition) is 3. The first-order chi connectivity index (χ1) is 10.3. The van der Waals surface area contributed by atoms with E-state index in [9.17, 15) is 18.0 Å². The average molecular weight is 332 g/mol. The Balaban J connectivity index is 2.12. The Hall–Kier alpha value is -2.28. The van der Waals surface area contributed by atoms with Gasteiger partial charge in [-0.3, -0.25) is 0 Å². The fraction of sp³-hybridized carbons (Fsp3) is 0.143. The second kappa shape index (κ2) is 6.23. The molecule has 1 heterocycles. The molecule has 0 atom stereocenters. The fourth-order valence-electron chi connectivity index (χ4n) is 1.63. The van der Waals surface area contributed by atoms with Crippen molar-refractivity contribution in [1.82, 2.24) is 4.98 Å². The molecule has 22 heavy (non-hydrogen) atoms. The van der Waals surface area contributed by atoms with E-state index in [1.165, 1.54) is 18.2 Å². The fourth-order valence-corrected chi connectivity index (χ4v) is 1.85. The van der Waals surface area contributed by atoms with Crippen LogP contribution < -0.4 is 4.74 Å². The van der Waals surface area contributed by atoms with Crippen molar-refractivity contribution in [3.63, 3.8) is 0 Å². The van der Waals surface area contributed by atoms with Crippen molar-refractivity contribution in [2.45, 2.75) is 12.8 Å². The predicted octanol–water partition coefficient (Wildman–Crippen LogP) is 4.03. The molecule has 2 aromatic rings. The van der Waals surface area contributed by atoms with Crippen molar-refractivity contribution in [3.05, 3.63) is 58.2 Å². The summed E-state index contributed by atoms with van der Waals surface area (Å²) in [5.74, 6) is -1.25. The van der Waals surface area contributed by atoms with E-state index >= 15 is 0 Å². The molecular formula is C14H9ClF3NO3. The van der Waals surface area contributed by atoms with Gasteiger partial charge in [0, 0.05) is 6.20 Å². The minimum absolute atomic E-state index is 0.0702. The lowest BCUT2D eigenvalue weighted by Gasteiger charge is -2.10. The third kappa shape index (κ3) is 3.88. The number of aromatic carboxylic acids is 1. The predicted molar refractivity (Wildman–Crippen MR) is 72.0 cm³/mol. The standard InChI is InChI=1S/C14H9ClF3NO3/c15-11-5-10(14(16,17)18)6-19-12(11)22-7-8-2-1-3-9(4-8)13(20)21/h1-6H,7H2,(H,20,21). The van der Waals surface area contributed by atoms with Crippen LogP contribution in [-0.4, -0.2) is 16.1 Å². The summed E-state index contributed by atoms with van der Waals surface area (Å²) in [7, 11) is 0. The van der Waals surface area contributed by atoms with E-state index in [0.717, 1.165) is 6.07 Å². The minimum atomic E-state index is -4.54. The number of alkyl halides is 3. The second-order valence-electron chi connectivity index (χ2n) is 4.30. The molecule has 1 aromatic heterocycles. The van der Waals surface area contributed by atoms with Crippen molar-refractivity contribution in [1.29, 1.82) is 0 Å². The number of pyridine rings is 1. The quantitative estimate of drug-likeness (QED) is 0.919. The van der Waals surface area contributed by atoms with E-state index in [1.54, 1.807) is 6.07 Å². The molecule has 0 spiro atoms. The number of benzene rings is 1. The molecule has 0 aliphatic carbocycles. The summed E-state index contributed by atoms with van der Waals surface area (Å²) in [5.41, 5.74) is -0.372. The van der Waals surface area contributed by atoms with E-state index in [4.69, 9.17) is 21.4 Å². The number of nitrogens with zero attached hydrogens (tertiary/aromatic N) is 1. The highest BCUT2D eigenvalue weighted by Crippen LogP contribution is 2.33. The molecule has 0 saturated carbocycles. The summed E-state index contributed by atoms with van der Waals surface area (Å²) in [5, 5.41) is 8.59. The van der Waals surface area contributed by atoms with Gasteiger partial charge in [-0.25, -0.2) is 9.78 Å². The zero-order valence-corrected chi connectivity index (χ0v) is 11.6. The molecule has 2 rings (SSSR count). The molecule has 0 saturated heterocycles. The van der Waals surface area contributed by atoms with Gasteiger partial charge in [-0.05, 0) is 23.8 Å². The number of halogens is 4. The molecule has 0 radical (unpaired) electrons. The number of carboxylic acid groups (broad SMARTS) is 1. The Morgan fingerprint density at radius 2 is 2.05 bits per heavy atom. The monoisotopic (exact) mass is 331 g/mol. The minimum Gasteiger partial charge on any atom is -0.478 e. The van der Waals surface area contributed by atoms with E-state index in [2.05, 4.69) is 4.98 Å². The van der Waals surface area contributed by atoms with Gasteiger partial charge in [0.05, 0.1) is 11.1 Å². The van der Waals surface area contributed by atoms with E-state index < -0.39 is 17.7 Å². The van der Waals surface area contributed by atoms with E-state index in [0.29, 0.717) is 11.8 Å². The molecule has 4 nitrogen and oxygen atoms in total. The van der Waals surface area contributed by atoms with Crippen molar-refractivity contribution < 1.29 is 27.8 Å². The average Bonchev–Trinajstić information content (AvgIpc) is 2.45. The number of carboxylic acids is 1.